The minimum atomic E-state index is -0.895. The van der Waals surface area contributed by atoms with Gasteiger partial charge >= 0.3 is 12.0 Å². The summed E-state index contributed by atoms with van der Waals surface area (Å²) in [5, 5.41) is 2.76. The maximum Gasteiger partial charge on any atom is 0.338 e. The Morgan fingerprint density at radius 1 is 1.16 bits per heavy atom. The van der Waals surface area contributed by atoms with Gasteiger partial charge in [0, 0.05) is 13.1 Å². The predicted molar refractivity (Wildman–Crippen MR) is 108 cm³/mol. The average molecular weight is 432 g/mol. The normalized spacial score (nSPS) is 16.1. The van der Waals surface area contributed by atoms with Crippen molar-refractivity contribution < 1.29 is 32.6 Å². The Morgan fingerprint density at radius 2 is 1.87 bits per heavy atom. The molecule has 3 rings (SSSR count). The third kappa shape index (κ3) is 4.76. The second-order valence-corrected chi connectivity index (χ2v) is 6.66. The van der Waals surface area contributed by atoms with Crippen LogP contribution in [0.4, 0.5) is 13.6 Å². The fraction of sp³-hybridized carbons (Fsp3) is 0.273. The fourth-order valence-corrected chi connectivity index (χ4v) is 3.17. The van der Waals surface area contributed by atoms with E-state index < -0.39 is 29.7 Å². The molecule has 0 radical (unpaired) electrons. The van der Waals surface area contributed by atoms with E-state index in [9.17, 15) is 18.4 Å². The van der Waals surface area contributed by atoms with Crippen LogP contribution >= 0.6 is 0 Å². The maximum absolute atomic E-state index is 14.0. The second-order valence-electron chi connectivity index (χ2n) is 6.66. The van der Waals surface area contributed by atoms with Crippen LogP contribution in [0.25, 0.3) is 0 Å². The van der Waals surface area contributed by atoms with Gasteiger partial charge in [-0.2, -0.15) is 0 Å². The third-order valence-corrected chi connectivity index (χ3v) is 4.78. The molecule has 9 heteroatoms. The second kappa shape index (κ2) is 9.46. The number of halogens is 2. The summed E-state index contributed by atoms with van der Waals surface area (Å²) >= 11 is 0. The van der Waals surface area contributed by atoms with Crippen molar-refractivity contribution in [1.29, 1.82) is 0 Å². The fourth-order valence-electron chi connectivity index (χ4n) is 3.17. The average Bonchev–Trinajstić information content (AvgIpc) is 2.75. The van der Waals surface area contributed by atoms with Crippen molar-refractivity contribution in [3.8, 4) is 11.5 Å². The molecule has 31 heavy (non-hydrogen) atoms. The van der Waals surface area contributed by atoms with Crippen molar-refractivity contribution >= 4 is 12.0 Å². The van der Waals surface area contributed by atoms with Gasteiger partial charge in [-0.1, -0.05) is 12.1 Å². The summed E-state index contributed by atoms with van der Waals surface area (Å²) < 4.78 is 43.0. The van der Waals surface area contributed by atoms with E-state index in [-0.39, 0.29) is 30.2 Å². The summed E-state index contributed by atoms with van der Waals surface area (Å²) in [6.45, 7) is 1.47. The molecule has 0 bridgehead atoms. The zero-order valence-electron chi connectivity index (χ0n) is 17.3. The molecule has 7 nitrogen and oxygen atoms in total. The lowest BCUT2D eigenvalue weighted by atomic mass is 9.94. The lowest BCUT2D eigenvalue weighted by Gasteiger charge is -2.34. The van der Waals surface area contributed by atoms with Gasteiger partial charge in [0.1, 0.15) is 18.2 Å². The molecule has 164 valence electrons. The van der Waals surface area contributed by atoms with E-state index in [1.165, 1.54) is 19.1 Å². The van der Waals surface area contributed by atoms with Crippen LogP contribution in [0, 0.1) is 11.6 Å². The monoisotopic (exact) mass is 432 g/mol. The Bertz CT molecular complexity index is 1010. The van der Waals surface area contributed by atoms with Gasteiger partial charge in [-0.25, -0.2) is 18.4 Å². The molecule has 2 aromatic carbocycles. The third-order valence-electron chi connectivity index (χ3n) is 4.78. The van der Waals surface area contributed by atoms with Gasteiger partial charge in [-0.3, -0.25) is 4.90 Å². The topological polar surface area (TPSA) is 77.1 Å². The molecule has 0 fully saturated rings. The van der Waals surface area contributed by atoms with Gasteiger partial charge in [-0.15, -0.1) is 0 Å². The summed E-state index contributed by atoms with van der Waals surface area (Å²) in [6.07, 6.45) is 0. The van der Waals surface area contributed by atoms with E-state index in [1.807, 2.05) is 0 Å². The number of rotatable bonds is 7. The van der Waals surface area contributed by atoms with Crippen molar-refractivity contribution in [1.82, 2.24) is 10.2 Å². The molecule has 1 aliphatic heterocycles. The molecule has 0 unspecified atom stereocenters. The molecular formula is C22H22F2N2O5. The molecular weight excluding hydrogens is 410 g/mol. The first-order valence-corrected chi connectivity index (χ1v) is 9.51. The summed E-state index contributed by atoms with van der Waals surface area (Å²) in [6, 6.07) is 8.42. The highest BCUT2D eigenvalue weighted by atomic mass is 19.1. The number of likely N-dealkylation sites (N-methyl/N-ethyl adjacent to an activating group) is 1. The quantitative estimate of drug-likeness (QED) is 0.677. The van der Waals surface area contributed by atoms with E-state index in [0.29, 0.717) is 17.4 Å². The number of carbonyl (C=O) groups excluding carboxylic acids is 2. The Hall–Kier alpha value is -3.62. The summed E-state index contributed by atoms with van der Waals surface area (Å²) in [5.41, 5.74) is 0.971. The van der Waals surface area contributed by atoms with Crippen LogP contribution in [-0.4, -0.2) is 44.3 Å². The molecule has 1 heterocycles. The molecule has 0 aliphatic carbocycles. The van der Waals surface area contributed by atoms with Crippen LogP contribution in [0.1, 0.15) is 18.5 Å². The van der Waals surface area contributed by atoms with Crippen LogP contribution in [0.5, 0.6) is 11.5 Å². The molecule has 2 aromatic rings. The van der Waals surface area contributed by atoms with E-state index in [0.717, 1.165) is 12.1 Å². The zero-order chi connectivity index (χ0) is 22.5. The van der Waals surface area contributed by atoms with E-state index in [2.05, 4.69) is 5.32 Å². The first-order chi connectivity index (χ1) is 14.8. The van der Waals surface area contributed by atoms with Crippen LogP contribution in [-0.2, 0) is 9.53 Å². The Morgan fingerprint density at radius 3 is 2.48 bits per heavy atom. The number of nitrogens with one attached hydrogen (secondary N) is 1. The highest BCUT2D eigenvalue weighted by Crippen LogP contribution is 2.32. The molecule has 0 saturated carbocycles. The van der Waals surface area contributed by atoms with Gasteiger partial charge in [-0.05, 0) is 36.8 Å². The van der Waals surface area contributed by atoms with Crippen molar-refractivity contribution in [3.05, 3.63) is 70.9 Å². The highest BCUT2D eigenvalue weighted by Gasteiger charge is 2.37. The summed E-state index contributed by atoms with van der Waals surface area (Å²) in [5.74, 6) is -1.89. The van der Waals surface area contributed by atoms with Crippen molar-refractivity contribution in [3.63, 3.8) is 0 Å². The highest BCUT2D eigenvalue weighted by molar-refractivity contribution is 5.95. The lowest BCUT2D eigenvalue weighted by Crippen LogP contribution is -2.48. The van der Waals surface area contributed by atoms with Crippen LogP contribution in [0.3, 0.4) is 0 Å². The molecule has 0 spiro atoms. The molecule has 0 saturated heterocycles. The Labute approximate surface area is 178 Å². The Kier molecular flexibility index (Phi) is 6.74. The number of hydrogen-bond acceptors (Lipinski definition) is 5. The number of urea groups is 1. The predicted octanol–water partition coefficient (Wildman–Crippen LogP) is 3.57. The number of methoxy groups -OCH3 is 1. The number of benzene rings is 2. The number of hydrogen-bond donors (Lipinski definition) is 1. The van der Waals surface area contributed by atoms with Gasteiger partial charge < -0.3 is 19.5 Å². The number of esters is 1. The SMILES string of the molecule is CCOC(=O)C1=C(COc2ccc(F)cc2F)N(C)C(=O)N[C@H]1c1ccc(OC)cc1. The summed E-state index contributed by atoms with van der Waals surface area (Å²) in [7, 11) is 2.98. The van der Waals surface area contributed by atoms with E-state index in [4.69, 9.17) is 14.2 Å². The van der Waals surface area contributed by atoms with Crippen molar-refractivity contribution in [2.45, 2.75) is 13.0 Å². The molecule has 1 atom stereocenters. The number of amides is 2. The molecule has 1 aliphatic rings. The van der Waals surface area contributed by atoms with Gasteiger partial charge in [0.2, 0.25) is 0 Å². The first kappa shape index (κ1) is 22.1. The Balaban J connectivity index is 2.02. The van der Waals surface area contributed by atoms with Crippen LogP contribution in [0.15, 0.2) is 53.7 Å². The van der Waals surface area contributed by atoms with Crippen molar-refractivity contribution in [2.75, 3.05) is 27.4 Å². The zero-order valence-corrected chi connectivity index (χ0v) is 17.3. The lowest BCUT2D eigenvalue weighted by molar-refractivity contribution is -0.139. The van der Waals surface area contributed by atoms with Crippen LogP contribution in [0.2, 0.25) is 0 Å². The minimum Gasteiger partial charge on any atom is -0.497 e. The van der Waals surface area contributed by atoms with E-state index in [1.54, 1.807) is 31.2 Å². The molecule has 1 N–H and O–H groups in total. The minimum absolute atomic E-state index is 0.121. The number of ether oxygens (including phenoxy) is 3. The van der Waals surface area contributed by atoms with Gasteiger partial charge in [0.25, 0.3) is 0 Å². The van der Waals surface area contributed by atoms with Crippen LogP contribution < -0.4 is 14.8 Å². The van der Waals surface area contributed by atoms with E-state index >= 15 is 0 Å². The van der Waals surface area contributed by atoms with Crippen molar-refractivity contribution in [2.24, 2.45) is 0 Å². The largest absolute Gasteiger partial charge is 0.497 e. The number of carbonyl (C=O) groups is 2. The standard InChI is InChI=1S/C22H22F2N2O5/c1-4-30-21(27)19-17(12-31-18-10-7-14(23)11-16(18)24)26(2)22(28)25-20(19)13-5-8-15(29-3)9-6-13/h5-11,20H,4,12H2,1-3H3,(H,25,28)/t20-/m0/s1. The maximum atomic E-state index is 14.0. The first-order valence-electron chi connectivity index (χ1n) is 9.51. The van der Waals surface area contributed by atoms with Gasteiger partial charge in [0.05, 0.1) is 31.0 Å². The van der Waals surface area contributed by atoms with Gasteiger partial charge in [0.15, 0.2) is 11.6 Å². The number of nitrogens with zero attached hydrogens (tertiary/aromatic N) is 1. The molecule has 0 aromatic heterocycles. The molecule has 2 amide bonds. The smallest absolute Gasteiger partial charge is 0.338 e. The summed E-state index contributed by atoms with van der Waals surface area (Å²) in [4.78, 5) is 26.6.